The molecule has 1 saturated heterocycles. The molecule has 0 bridgehead atoms. The van der Waals surface area contributed by atoms with E-state index in [0.717, 1.165) is 36.8 Å². The number of rotatable bonds is 5. The van der Waals surface area contributed by atoms with Gasteiger partial charge in [0.1, 0.15) is 0 Å². The summed E-state index contributed by atoms with van der Waals surface area (Å²) < 4.78 is 0. The first-order valence-corrected chi connectivity index (χ1v) is 8.06. The number of hydrogen-bond donors (Lipinski definition) is 2. The number of carbonyl (C=O) groups excluding carboxylic acids is 1. The molecule has 112 valence electrons. The monoisotopic (exact) mass is 297 g/mol. The molecule has 0 radical (unpaired) electrons. The first kappa shape index (κ1) is 15.3. The number of nitrogens with zero attached hydrogens (tertiary/aromatic N) is 2. The fourth-order valence-corrected chi connectivity index (χ4v) is 3.30. The molecule has 0 aromatic carbocycles. The Morgan fingerprint density at radius 2 is 2.30 bits per heavy atom. The van der Waals surface area contributed by atoms with Crippen LogP contribution in [0.15, 0.2) is 5.38 Å². The Balaban J connectivity index is 1.80. The first-order chi connectivity index (χ1) is 9.60. The standard InChI is InChI=1S/C14H23N3O2S/c1-10(5-8-18)15-13(19)12-3-6-17(7-4-12)14-16-11(2)9-20-14/h9-10,12,18H,3-8H2,1-2H3,(H,15,19). The molecule has 1 amide bonds. The Morgan fingerprint density at radius 3 is 2.85 bits per heavy atom. The number of aromatic nitrogens is 1. The van der Waals surface area contributed by atoms with E-state index in [1.807, 2.05) is 13.8 Å². The van der Waals surface area contributed by atoms with Gasteiger partial charge in [-0.25, -0.2) is 4.98 Å². The van der Waals surface area contributed by atoms with Gasteiger partial charge in [-0.05, 0) is 33.1 Å². The van der Waals surface area contributed by atoms with E-state index in [9.17, 15) is 4.79 Å². The van der Waals surface area contributed by atoms with Crippen molar-refractivity contribution in [2.75, 3.05) is 24.6 Å². The third-order valence-corrected chi connectivity index (χ3v) is 4.71. The van der Waals surface area contributed by atoms with Crippen LogP contribution in [0.5, 0.6) is 0 Å². The second-order valence-electron chi connectivity index (χ2n) is 5.45. The number of aliphatic hydroxyl groups excluding tert-OH is 1. The summed E-state index contributed by atoms with van der Waals surface area (Å²) in [6, 6.07) is 0.0483. The highest BCUT2D eigenvalue weighted by atomic mass is 32.1. The van der Waals surface area contributed by atoms with Crippen LogP contribution in [-0.4, -0.2) is 41.7 Å². The Kier molecular flexibility index (Phi) is 5.37. The average Bonchev–Trinajstić information content (AvgIpc) is 2.86. The number of aliphatic hydroxyl groups is 1. The van der Waals surface area contributed by atoms with E-state index >= 15 is 0 Å². The van der Waals surface area contributed by atoms with Gasteiger partial charge in [-0.15, -0.1) is 11.3 Å². The maximum Gasteiger partial charge on any atom is 0.223 e. The number of piperidine rings is 1. The predicted molar refractivity (Wildman–Crippen MR) is 81.1 cm³/mol. The molecule has 0 aliphatic carbocycles. The highest BCUT2D eigenvalue weighted by Crippen LogP contribution is 2.26. The molecule has 2 N–H and O–H groups in total. The molecular weight excluding hydrogens is 274 g/mol. The van der Waals surface area contributed by atoms with Gasteiger partial charge < -0.3 is 15.3 Å². The van der Waals surface area contributed by atoms with Gasteiger partial charge in [-0.1, -0.05) is 0 Å². The van der Waals surface area contributed by atoms with E-state index in [0.29, 0.717) is 6.42 Å². The van der Waals surface area contributed by atoms with Crippen LogP contribution in [0.3, 0.4) is 0 Å². The van der Waals surface area contributed by atoms with Gasteiger partial charge in [0.25, 0.3) is 0 Å². The number of carbonyl (C=O) groups is 1. The molecule has 1 aromatic heterocycles. The molecule has 2 rings (SSSR count). The van der Waals surface area contributed by atoms with Crippen molar-refractivity contribution in [1.29, 1.82) is 0 Å². The summed E-state index contributed by atoms with van der Waals surface area (Å²) >= 11 is 1.67. The second kappa shape index (κ2) is 7.04. The zero-order valence-corrected chi connectivity index (χ0v) is 12.9. The molecule has 1 unspecified atom stereocenters. The van der Waals surface area contributed by atoms with Gasteiger partial charge in [0.15, 0.2) is 5.13 Å². The van der Waals surface area contributed by atoms with Crippen LogP contribution >= 0.6 is 11.3 Å². The van der Waals surface area contributed by atoms with E-state index in [1.165, 1.54) is 0 Å². The van der Waals surface area contributed by atoms with Crippen molar-refractivity contribution in [1.82, 2.24) is 10.3 Å². The minimum absolute atomic E-state index is 0.0483. The molecule has 1 aromatic rings. The molecule has 5 nitrogen and oxygen atoms in total. The van der Waals surface area contributed by atoms with Gasteiger partial charge in [0, 0.05) is 37.0 Å². The lowest BCUT2D eigenvalue weighted by molar-refractivity contribution is -0.126. The molecule has 2 heterocycles. The molecule has 1 aliphatic heterocycles. The third-order valence-electron chi connectivity index (χ3n) is 3.69. The van der Waals surface area contributed by atoms with Crippen LogP contribution in [0.25, 0.3) is 0 Å². The van der Waals surface area contributed by atoms with Crippen LogP contribution in [0.4, 0.5) is 5.13 Å². The van der Waals surface area contributed by atoms with Crippen molar-refractivity contribution in [3.63, 3.8) is 0 Å². The van der Waals surface area contributed by atoms with Gasteiger partial charge in [0.2, 0.25) is 5.91 Å². The summed E-state index contributed by atoms with van der Waals surface area (Å²) in [5, 5.41) is 15.0. The zero-order valence-electron chi connectivity index (χ0n) is 12.1. The number of thiazole rings is 1. The minimum Gasteiger partial charge on any atom is -0.396 e. The van der Waals surface area contributed by atoms with Crippen LogP contribution < -0.4 is 10.2 Å². The van der Waals surface area contributed by atoms with Crippen molar-refractivity contribution in [2.45, 2.75) is 39.2 Å². The van der Waals surface area contributed by atoms with Crippen molar-refractivity contribution in [3.8, 4) is 0 Å². The van der Waals surface area contributed by atoms with E-state index < -0.39 is 0 Å². The van der Waals surface area contributed by atoms with E-state index in [-0.39, 0.29) is 24.5 Å². The lowest BCUT2D eigenvalue weighted by Gasteiger charge is -2.31. The molecule has 1 fully saturated rings. The van der Waals surface area contributed by atoms with E-state index in [1.54, 1.807) is 11.3 Å². The Bertz CT molecular complexity index is 441. The van der Waals surface area contributed by atoms with Gasteiger partial charge in [-0.3, -0.25) is 4.79 Å². The molecular formula is C14H23N3O2S. The highest BCUT2D eigenvalue weighted by Gasteiger charge is 2.26. The van der Waals surface area contributed by atoms with Gasteiger partial charge >= 0.3 is 0 Å². The number of hydrogen-bond acceptors (Lipinski definition) is 5. The lowest BCUT2D eigenvalue weighted by atomic mass is 9.96. The fraction of sp³-hybridized carbons (Fsp3) is 0.714. The lowest BCUT2D eigenvalue weighted by Crippen LogP contribution is -2.43. The minimum atomic E-state index is 0.0483. The van der Waals surface area contributed by atoms with Gasteiger partial charge in [0.05, 0.1) is 5.69 Å². The van der Waals surface area contributed by atoms with Crippen molar-refractivity contribution in [3.05, 3.63) is 11.1 Å². The van der Waals surface area contributed by atoms with Crippen LogP contribution in [-0.2, 0) is 4.79 Å². The Labute approximate surface area is 124 Å². The highest BCUT2D eigenvalue weighted by molar-refractivity contribution is 7.13. The predicted octanol–water partition coefficient (Wildman–Crippen LogP) is 1.56. The fourth-order valence-electron chi connectivity index (χ4n) is 2.45. The maximum absolute atomic E-state index is 12.1. The molecule has 0 saturated carbocycles. The normalized spacial score (nSPS) is 18.1. The summed E-state index contributed by atoms with van der Waals surface area (Å²) in [5.74, 6) is 0.217. The van der Waals surface area contributed by atoms with E-state index in [2.05, 4.69) is 20.6 Å². The molecule has 6 heteroatoms. The van der Waals surface area contributed by atoms with Crippen LogP contribution in [0, 0.1) is 12.8 Å². The second-order valence-corrected chi connectivity index (χ2v) is 6.29. The summed E-state index contributed by atoms with van der Waals surface area (Å²) in [7, 11) is 0. The summed E-state index contributed by atoms with van der Waals surface area (Å²) in [4.78, 5) is 18.9. The SMILES string of the molecule is Cc1csc(N2CCC(C(=O)NC(C)CCO)CC2)n1. The van der Waals surface area contributed by atoms with Crippen molar-refractivity contribution in [2.24, 2.45) is 5.92 Å². The first-order valence-electron chi connectivity index (χ1n) is 7.18. The van der Waals surface area contributed by atoms with Gasteiger partial charge in [-0.2, -0.15) is 0 Å². The third kappa shape index (κ3) is 3.93. The van der Waals surface area contributed by atoms with Crippen LogP contribution in [0.1, 0.15) is 31.9 Å². The molecule has 0 spiro atoms. The largest absolute Gasteiger partial charge is 0.396 e. The quantitative estimate of drug-likeness (QED) is 0.865. The molecule has 20 heavy (non-hydrogen) atoms. The van der Waals surface area contributed by atoms with Crippen molar-refractivity contribution >= 4 is 22.4 Å². The smallest absolute Gasteiger partial charge is 0.223 e. The summed E-state index contributed by atoms with van der Waals surface area (Å²) in [6.07, 6.45) is 2.36. The Hall–Kier alpha value is -1.14. The topological polar surface area (TPSA) is 65.5 Å². The average molecular weight is 297 g/mol. The molecule has 1 aliphatic rings. The Morgan fingerprint density at radius 1 is 1.60 bits per heavy atom. The number of anilines is 1. The number of nitrogens with one attached hydrogen (secondary N) is 1. The summed E-state index contributed by atoms with van der Waals surface area (Å²) in [5.41, 5.74) is 1.06. The van der Waals surface area contributed by atoms with E-state index in [4.69, 9.17) is 5.11 Å². The van der Waals surface area contributed by atoms with Crippen LogP contribution in [0.2, 0.25) is 0 Å². The zero-order chi connectivity index (χ0) is 14.5. The maximum atomic E-state index is 12.1. The van der Waals surface area contributed by atoms with Crippen molar-refractivity contribution < 1.29 is 9.90 Å². The number of aryl methyl sites for hydroxylation is 1. The molecule has 1 atom stereocenters. The summed E-state index contributed by atoms with van der Waals surface area (Å²) in [6.45, 7) is 5.83. The number of amides is 1.